The van der Waals surface area contributed by atoms with Crippen molar-refractivity contribution < 1.29 is 28.7 Å². The number of unbranched alkanes of at least 4 members (excludes halogenated alkanes) is 11. The predicted molar refractivity (Wildman–Crippen MR) is 156 cm³/mol. The summed E-state index contributed by atoms with van der Waals surface area (Å²) < 4.78 is 11.6. The maximum absolute atomic E-state index is 13.5. The molecule has 0 saturated carbocycles. The van der Waals surface area contributed by atoms with Gasteiger partial charge in [0.05, 0.1) is 46.0 Å². The third-order valence-corrected chi connectivity index (χ3v) is 7.88. The fraction of sp³-hybridized carbons (Fsp3) is 0.576. The Labute approximate surface area is 234 Å². The zero-order valence-corrected chi connectivity index (χ0v) is 24.7. The molecule has 0 aromatic heterocycles. The molecule has 0 spiro atoms. The van der Waals surface area contributed by atoms with E-state index in [0.717, 1.165) is 29.6 Å². The molecule has 0 radical (unpaired) electrons. The molecule has 6 heteroatoms. The highest BCUT2D eigenvalue weighted by atomic mass is 16.5. The lowest BCUT2D eigenvalue weighted by atomic mass is 9.82. The van der Waals surface area contributed by atoms with Crippen LogP contribution in [0.2, 0.25) is 0 Å². The van der Waals surface area contributed by atoms with Crippen LogP contribution >= 0.6 is 0 Å². The number of phenolic OH excluding ortho intramolecular Hbond substituents is 1. The van der Waals surface area contributed by atoms with Crippen LogP contribution in [0.15, 0.2) is 24.3 Å². The lowest BCUT2D eigenvalue weighted by Crippen LogP contribution is -2.39. The quantitative estimate of drug-likeness (QED) is 0.143. The van der Waals surface area contributed by atoms with Gasteiger partial charge in [0.2, 0.25) is 5.78 Å². The van der Waals surface area contributed by atoms with E-state index < -0.39 is 5.78 Å². The first kappa shape index (κ1) is 30.7. The summed E-state index contributed by atoms with van der Waals surface area (Å²) in [6, 6.07) is 6.55. The summed E-state index contributed by atoms with van der Waals surface area (Å²) in [4.78, 5) is 26.8. The molecule has 0 atom stereocenters. The highest BCUT2D eigenvalue weighted by Crippen LogP contribution is 2.40. The largest absolute Gasteiger partial charge is 0.507 e. The number of quaternary nitrogens is 1. The number of fused-ring (bicyclic) bond motifs is 2. The fourth-order valence-corrected chi connectivity index (χ4v) is 5.70. The number of rotatable bonds is 17. The second-order valence-corrected chi connectivity index (χ2v) is 11.7. The van der Waals surface area contributed by atoms with E-state index in [-0.39, 0.29) is 28.2 Å². The Hall–Kier alpha value is -2.86. The second-order valence-electron chi connectivity index (χ2n) is 11.7. The first-order chi connectivity index (χ1) is 18.7. The van der Waals surface area contributed by atoms with Gasteiger partial charge in [-0.3, -0.25) is 9.59 Å². The van der Waals surface area contributed by atoms with Crippen molar-refractivity contribution in [2.75, 3.05) is 34.9 Å². The zero-order valence-electron chi connectivity index (χ0n) is 24.7. The zero-order chi connectivity index (χ0) is 28.4. The fourth-order valence-electron chi connectivity index (χ4n) is 5.70. The van der Waals surface area contributed by atoms with Crippen LogP contribution in [0.3, 0.4) is 0 Å². The molecule has 0 unspecified atom stereocenters. The van der Waals surface area contributed by atoms with Gasteiger partial charge >= 0.3 is 0 Å². The average Bonchev–Trinajstić information content (AvgIpc) is 2.91. The van der Waals surface area contributed by atoms with Crippen LogP contribution in [0.4, 0.5) is 0 Å². The third kappa shape index (κ3) is 8.07. The van der Waals surface area contributed by atoms with Gasteiger partial charge in [-0.15, -0.1) is 0 Å². The van der Waals surface area contributed by atoms with Crippen LogP contribution < -0.4 is 9.47 Å². The van der Waals surface area contributed by atoms with Gasteiger partial charge < -0.3 is 19.1 Å². The number of carbonyl (C=O) groups excluding carboxylic acids is 2. The van der Waals surface area contributed by atoms with Crippen LogP contribution in [-0.2, 0) is 6.54 Å². The van der Waals surface area contributed by atoms with E-state index in [4.69, 9.17) is 9.47 Å². The molecule has 0 bridgehead atoms. The second kappa shape index (κ2) is 14.5. The average molecular weight is 539 g/mol. The van der Waals surface area contributed by atoms with Crippen molar-refractivity contribution in [3.63, 3.8) is 0 Å². The number of ether oxygens (including phenoxy) is 2. The van der Waals surface area contributed by atoms with E-state index in [2.05, 4.69) is 21.0 Å². The molecule has 0 fully saturated rings. The molecular formula is C33H48NO5+. The van der Waals surface area contributed by atoms with Crippen molar-refractivity contribution in [1.82, 2.24) is 0 Å². The molecule has 214 valence electrons. The third-order valence-electron chi connectivity index (χ3n) is 7.88. The lowest BCUT2D eigenvalue weighted by molar-refractivity contribution is -0.903. The summed E-state index contributed by atoms with van der Waals surface area (Å²) in [6.07, 6.45) is 16.0. The molecule has 3 rings (SSSR count). The monoisotopic (exact) mass is 538 g/mol. The molecule has 6 nitrogen and oxygen atoms in total. The Morgan fingerprint density at radius 2 is 1.26 bits per heavy atom. The van der Waals surface area contributed by atoms with Crippen molar-refractivity contribution in [1.29, 1.82) is 0 Å². The summed E-state index contributed by atoms with van der Waals surface area (Å²) in [5, 5.41) is 10.5. The highest BCUT2D eigenvalue weighted by Gasteiger charge is 2.36. The summed E-state index contributed by atoms with van der Waals surface area (Å²) in [5.74, 6) is -0.278. The van der Waals surface area contributed by atoms with E-state index in [1.807, 2.05) is 12.1 Å². The van der Waals surface area contributed by atoms with Crippen LogP contribution in [0.5, 0.6) is 17.2 Å². The van der Waals surface area contributed by atoms with Gasteiger partial charge in [-0.05, 0) is 31.0 Å². The topological polar surface area (TPSA) is 72.8 Å². The van der Waals surface area contributed by atoms with Crippen molar-refractivity contribution in [3.8, 4) is 17.2 Å². The van der Waals surface area contributed by atoms with E-state index in [1.165, 1.54) is 97.0 Å². The first-order valence-corrected chi connectivity index (χ1v) is 14.8. The number of hydrogen-bond donors (Lipinski definition) is 1. The molecule has 1 N–H and O–H groups in total. The van der Waals surface area contributed by atoms with Crippen molar-refractivity contribution >= 4 is 11.6 Å². The SMILES string of the molecule is CCCCCCCCCCCCCC[N+](C)(C)Cc1cc(OC)c2c(c1)C(=O)c1cc(OC)cc(O)c1C2=O. The van der Waals surface area contributed by atoms with E-state index in [1.54, 1.807) is 0 Å². The Bertz CT molecular complexity index is 1140. The minimum Gasteiger partial charge on any atom is -0.507 e. The number of ketones is 2. The highest BCUT2D eigenvalue weighted by molar-refractivity contribution is 6.30. The van der Waals surface area contributed by atoms with Crippen molar-refractivity contribution in [3.05, 3.63) is 52.1 Å². The Morgan fingerprint density at radius 3 is 1.82 bits per heavy atom. The Balaban J connectivity index is 1.56. The summed E-state index contributed by atoms with van der Waals surface area (Å²) in [7, 11) is 7.38. The van der Waals surface area contributed by atoms with E-state index in [0.29, 0.717) is 17.1 Å². The molecule has 0 aliphatic heterocycles. The van der Waals surface area contributed by atoms with Crippen molar-refractivity contribution in [2.45, 2.75) is 90.5 Å². The van der Waals surface area contributed by atoms with Gasteiger partial charge in [-0.25, -0.2) is 0 Å². The maximum Gasteiger partial charge on any atom is 0.201 e. The Kier molecular flexibility index (Phi) is 11.4. The van der Waals surface area contributed by atoms with Crippen LogP contribution in [-0.4, -0.2) is 56.0 Å². The normalized spacial score (nSPS) is 12.8. The molecule has 1 aliphatic carbocycles. The van der Waals surface area contributed by atoms with Gasteiger partial charge in [0.15, 0.2) is 5.78 Å². The standard InChI is InChI=1S/C33H47NO5/c1-6-7-8-9-10-11-12-13-14-15-16-17-18-34(2,3)23-24-19-26-31(29(20-24)39-5)33(37)30-27(32(26)36)21-25(38-4)22-28(30)35/h19-22H,6-18,23H2,1-5H3/p+1. The molecule has 0 heterocycles. The number of hydrogen-bond acceptors (Lipinski definition) is 5. The summed E-state index contributed by atoms with van der Waals surface area (Å²) in [6.45, 7) is 4.03. The van der Waals surface area contributed by atoms with Gasteiger partial charge in [-0.1, -0.05) is 71.1 Å². The van der Waals surface area contributed by atoms with Crippen LogP contribution in [0.1, 0.15) is 121 Å². The van der Waals surface area contributed by atoms with Crippen LogP contribution in [0, 0.1) is 0 Å². The minimum absolute atomic E-state index is 0.00225. The molecule has 1 aliphatic rings. The van der Waals surface area contributed by atoms with Crippen molar-refractivity contribution in [2.24, 2.45) is 0 Å². The number of methoxy groups -OCH3 is 2. The first-order valence-electron chi connectivity index (χ1n) is 14.8. The molecule has 0 amide bonds. The van der Waals surface area contributed by atoms with Gasteiger partial charge in [0, 0.05) is 22.8 Å². The number of benzene rings is 2. The molecular weight excluding hydrogens is 490 g/mol. The van der Waals surface area contributed by atoms with Gasteiger partial charge in [0.1, 0.15) is 23.8 Å². The summed E-state index contributed by atoms with van der Waals surface area (Å²) in [5.41, 5.74) is 1.65. The molecule has 2 aromatic carbocycles. The number of phenols is 1. The minimum atomic E-state index is -0.409. The molecule has 39 heavy (non-hydrogen) atoms. The number of nitrogens with zero attached hydrogens (tertiary/aromatic N) is 1. The molecule has 0 saturated heterocycles. The van der Waals surface area contributed by atoms with Gasteiger partial charge in [-0.2, -0.15) is 0 Å². The smallest absolute Gasteiger partial charge is 0.201 e. The Morgan fingerprint density at radius 1 is 0.692 bits per heavy atom. The number of aromatic hydroxyl groups is 1. The molecule has 2 aromatic rings. The van der Waals surface area contributed by atoms with Gasteiger partial charge in [0.25, 0.3) is 0 Å². The lowest BCUT2D eigenvalue weighted by Gasteiger charge is -2.31. The maximum atomic E-state index is 13.5. The number of carbonyl (C=O) groups is 2. The van der Waals surface area contributed by atoms with E-state index in [9.17, 15) is 14.7 Å². The summed E-state index contributed by atoms with van der Waals surface area (Å²) >= 11 is 0. The predicted octanol–water partition coefficient (Wildman–Crippen LogP) is 7.46. The van der Waals surface area contributed by atoms with Crippen LogP contribution in [0.25, 0.3) is 0 Å². The van der Waals surface area contributed by atoms with E-state index >= 15 is 0 Å².